The first kappa shape index (κ1) is 23.2. The van der Waals surface area contributed by atoms with Crippen LogP contribution in [0.4, 0.5) is 4.39 Å². The standard InChI is InChI=1S/C22H27FN2O5S/c1-16-14-25(15-17(2)30-16)31(27,28)19-10-8-18(9-11-19)22(26)24(3)12-13-29-21-7-5-4-6-20(21)23/h4-11,16-17H,12-15H2,1-3H3. The maximum Gasteiger partial charge on any atom is 0.253 e. The van der Waals surface area contributed by atoms with Crippen molar-refractivity contribution < 1.29 is 27.1 Å². The molecular formula is C22H27FN2O5S. The molecule has 168 valence electrons. The number of halogens is 1. The van der Waals surface area contributed by atoms with Gasteiger partial charge in [0.15, 0.2) is 11.6 Å². The van der Waals surface area contributed by atoms with Crippen LogP contribution in [0.2, 0.25) is 0 Å². The monoisotopic (exact) mass is 450 g/mol. The van der Waals surface area contributed by atoms with Crippen LogP contribution in [0.3, 0.4) is 0 Å². The smallest absolute Gasteiger partial charge is 0.253 e. The molecule has 7 nitrogen and oxygen atoms in total. The van der Waals surface area contributed by atoms with Crippen LogP contribution < -0.4 is 4.74 Å². The molecule has 2 unspecified atom stereocenters. The highest BCUT2D eigenvalue weighted by Crippen LogP contribution is 2.22. The summed E-state index contributed by atoms with van der Waals surface area (Å²) in [6.07, 6.45) is -0.362. The van der Waals surface area contributed by atoms with Crippen molar-refractivity contribution in [2.75, 3.05) is 33.3 Å². The molecule has 0 aliphatic carbocycles. The fraction of sp³-hybridized carbons (Fsp3) is 0.409. The van der Waals surface area contributed by atoms with Gasteiger partial charge in [-0.25, -0.2) is 12.8 Å². The molecule has 2 aromatic rings. The Balaban J connectivity index is 1.61. The average Bonchev–Trinajstić information content (AvgIpc) is 2.74. The van der Waals surface area contributed by atoms with E-state index in [-0.39, 0.29) is 55.0 Å². The summed E-state index contributed by atoms with van der Waals surface area (Å²) in [5.41, 5.74) is 0.357. The Morgan fingerprint density at radius 2 is 1.74 bits per heavy atom. The second-order valence-electron chi connectivity index (χ2n) is 7.61. The highest BCUT2D eigenvalue weighted by Gasteiger charge is 2.32. The highest BCUT2D eigenvalue weighted by atomic mass is 32.2. The lowest BCUT2D eigenvalue weighted by atomic mass is 10.2. The summed E-state index contributed by atoms with van der Waals surface area (Å²) in [7, 11) is -2.06. The number of para-hydroxylation sites is 1. The summed E-state index contributed by atoms with van der Waals surface area (Å²) >= 11 is 0. The van der Waals surface area contributed by atoms with Crippen LogP contribution >= 0.6 is 0 Å². The molecule has 2 aromatic carbocycles. The van der Waals surface area contributed by atoms with E-state index >= 15 is 0 Å². The second kappa shape index (κ2) is 9.76. The number of nitrogens with zero attached hydrogens (tertiary/aromatic N) is 2. The molecule has 1 amide bonds. The summed E-state index contributed by atoms with van der Waals surface area (Å²) < 4.78 is 51.8. The van der Waals surface area contributed by atoms with E-state index in [0.717, 1.165) is 0 Å². The zero-order valence-corrected chi connectivity index (χ0v) is 18.6. The molecule has 3 rings (SSSR count). The first-order valence-corrected chi connectivity index (χ1v) is 11.5. The van der Waals surface area contributed by atoms with E-state index in [1.54, 1.807) is 19.2 Å². The first-order valence-electron chi connectivity index (χ1n) is 10.1. The molecule has 0 N–H and O–H groups in total. The molecular weight excluding hydrogens is 423 g/mol. The third-order valence-electron chi connectivity index (χ3n) is 4.99. The van der Waals surface area contributed by atoms with Gasteiger partial charge in [-0.15, -0.1) is 0 Å². The number of rotatable bonds is 7. The lowest BCUT2D eigenvalue weighted by Gasteiger charge is -2.34. The minimum Gasteiger partial charge on any atom is -0.489 e. The maximum absolute atomic E-state index is 13.6. The van der Waals surface area contributed by atoms with Crippen molar-refractivity contribution in [3.05, 3.63) is 59.9 Å². The molecule has 1 saturated heterocycles. The molecule has 1 heterocycles. The molecule has 0 spiro atoms. The zero-order valence-electron chi connectivity index (χ0n) is 17.8. The van der Waals surface area contributed by atoms with Gasteiger partial charge in [0, 0.05) is 25.7 Å². The highest BCUT2D eigenvalue weighted by molar-refractivity contribution is 7.89. The summed E-state index contributed by atoms with van der Waals surface area (Å²) in [6.45, 7) is 4.63. The van der Waals surface area contributed by atoms with Gasteiger partial charge in [0.2, 0.25) is 10.0 Å². The van der Waals surface area contributed by atoms with E-state index in [4.69, 9.17) is 9.47 Å². The van der Waals surface area contributed by atoms with Crippen LogP contribution in [0.5, 0.6) is 5.75 Å². The number of sulfonamides is 1. The average molecular weight is 451 g/mol. The van der Waals surface area contributed by atoms with Crippen LogP contribution in [-0.4, -0.2) is 69.0 Å². The number of amides is 1. The van der Waals surface area contributed by atoms with Gasteiger partial charge in [-0.1, -0.05) is 12.1 Å². The van der Waals surface area contributed by atoms with Crippen LogP contribution in [-0.2, 0) is 14.8 Å². The second-order valence-corrected chi connectivity index (χ2v) is 9.55. The van der Waals surface area contributed by atoms with Crippen molar-refractivity contribution in [3.8, 4) is 5.75 Å². The summed E-state index contributed by atoms with van der Waals surface area (Å²) in [5.74, 6) is -0.614. The lowest BCUT2D eigenvalue weighted by molar-refractivity contribution is -0.0440. The van der Waals surface area contributed by atoms with Gasteiger partial charge in [-0.05, 0) is 50.2 Å². The van der Waals surface area contributed by atoms with Crippen LogP contribution in [0.1, 0.15) is 24.2 Å². The topological polar surface area (TPSA) is 76.2 Å². The van der Waals surface area contributed by atoms with Gasteiger partial charge in [0.25, 0.3) is 5.91 Å². The molecule has 31 heavy (non-hydrogen) atoms. The van der Waals surface area contributed by atoms with E-state index in [9.17, 15) is 17.6 Å². The van der Waals surface area contributed by atoms with Crippen molar-refractivity contribution in [2.45, 2.75) is 31.0 Å². The van der Waals surface area contributed by atoms with E-state index in [0.29, 0.717) is 5.56 Å². The number of likely N-dealkylation sites (N-methyl/N-ethyl adjacent to an activating group) is 1. The molecule has 1 aliphatic rings. The van der Waals surface area contributed by atoms with Gasteiger partial charge in [-0.2, -0.15) is 4.31 Å². The van der Waals surface area contributed by atoms with Crippen molar-refractivity contribution in [3.63, 3.8) is 0 Å². The molecule has 0 radical (unpaired) electrons. The van der Waals surface area contributed by atoms with Gasteiger partial charge in [0.05, 0.1) is 23.6 Å². The van der Waals surface area contributed by atoms with Gasteiger partial charge >= 0.3 is 0 Å². The van der Waals surface area contributed by atoms with Gasteiger partial charge in [-0.3, -0.25) is 4.79 Å². The number of ether oxygens (including phenoxy) is 2. The van der Waals surface area contributed by atoms with Crippen LogP contribution in [0, 0.1) is 5.82 Å². The Bertz CT molecular complexity index is 1000. The Labute approximate surface area is 182 Å². The minimum atomic E-state index is -3.67. The third kappa shape index (κ3) is 5.61. The van der Waals surface area contributed by atoms with Crippen molar-refractivity contribution in [1.82, 2.24) is 9.21 Å². The zero-order chi connectivity index (χ0) is 22.6. The Kier molecular flexibility index (Phi) is 7.30. The predicted octanol–water partition coefficient (Wildman–Crippen LogP) is 2.77. The number of morpholine rings is 1. The Hall–Kier alpha value is -2.49. The predicted molar refractivity (Wildman–Crippen MR) is 114 cm³/mol. The number of hydrogen-bond acceptors (Lipinski definition) is 5. The molecule has 1 aliphatic heterocycles. The van der Waals surface area contributed by atoms with Crippen molar-refractivity contribution >= 4 is 15.9 Å². The summed E-state index contributed by atoms with van der Waals surface area (Å²) in [6, 6.07) is 11.9. The number of carbonyl (C=O) groups excluding carboxylic acids is 1. The fourth-order valence-electron chi connectivity index (χ4n) is 3.42. The van der Waals surface area contributed by atoms with Crippen LogP contribution in [0.15, 0.2) is 53.4 Å². The first-order chi connectivity index (χ1) is 14.7. The molecule has 1 fully saturated rings. The van der Waals surface area contributed by atoms with Crippen LogP contribution in [0.25, 0.3) is 0 Å². The quantitative estimate of drug-likeness (QED) is 0.648. The van der Waals surface area contributed by atoms with E-state index in [1.807, 2.05) is 13.8 Å². The van der Waals surface area contributed by atoms with E-state index < -0.39 is 15.8 Å². The lowest BCUT2D eigenvalue weighted by Crippen LogP contribution is -2.48. The normalized spacial score (nSPS) is 19.7. The fourth-order valence-corrected chi connectivity index (χ4v) is 5.01. The van der Waals surface area contributed by atoms with E-state index in [1.165, 1.54) is 45.6 Å². The molecule has 2 atom stereocenters. The van der Waals surface area contributed by atoms with Crippen molar-refractivity contribution in [2.24, 2.45) is 0 Å². The molecule has 0 bridgehead atoms. The Morgan fingerprint density at radius 3 is 2.35 bits per heavy atom. The maximum atomic E-state index is 13.6. The molecule has 0 saturated carbocycles. The summed E-state index contributed by atoms with van der Waals surface area (Å²) in [5, 5.41) is 0. The largest absolute Gasteiger partial charge is 0.489 e. The number of benzene rings is 2. The number of hydrogen-bond donors (Lipinski definition) is 0. The SMILES string of the molecule is CC1CN(S(=O)(=O)c2ccc(C(=O)N(C)CCOc3ccccc3F)cc2)CC(C)O1. The molecule has 9 heteroatoms. The van der Waals surface area contributed by atoms with Gasteiger partial charge < -0.3 is 14.4 Å². The summed E-state index contributed by atoms with van der Waals surface area (Å²) in [4.78, 5) is 14.2. The number of carbonyl (C=O) groups is 1. The minimum absolute atomic E-state index is 0.128. The van der Waals surface area contributed by atoms with E-state index in [2.05, 4.69) is 0 Å². The molecule has 0 aromatic heterocycles. The van der Waals surface area contributed by atoms with Crippen molar-refractivity contribution in [1.29, 1.82) is 0 Å². The Morgan fingerprint density at radius 1 is 1.13 bits per heavy atom. The third-order valence-corrected chi connectivity index (χ3v) is 6.84. The van der Waals surface area contributed by atoms with Gasteiger partial charge in [0.1, 0.15) is 6.61 Å².